The first-order valence-electron chi connectivity index (χ1n) is 6.15. The summed E-state index contributed by atoms with van der Waals surface area (Å²) in [7, 11) is -1.24. The van der Waals surface area contributed by atoms with E-state index in [4.69, 9.17) is 4.74 Å². The van der Waals surface area contributed by atoms with Gasteiger partial charge in [0.15, 0.2) is 15.5 Å². The summed E-state index contributed by atoms with van der Waals surface area (Å²) in [5, 5.41) is 8.22. The fourth-order valence-corrected chi connectivity index (χ4v) is 4.33. The van der Waals surface area contributed by atoms with Crippen LogP contribution in [0.2, 0.25) is 0 Å². The molecule has 2 aromatic rings. The number of ether oxygens (including phenoxy) is 1. The molecule has 19 heavy (non-hydrogen) atoms. The molecule has 3 rings (SSSR count). The van der Waals surface area contributed by atoms with Gasteiger partial charge < -0.3 is 4.74 Å². The van der Waals surface area contributed by atoms with Crippen LogP contribution >= 0.6 is 0 Å². The Balaban J connectivity index is 1.89. The van der Waals surface area contributed by atoms with Crippen LogP contribution in [0.4, 0.5) is 0 Å². The number of nitrogens with zero attached hydrogens (tertiary/aromatic N) is 3. The number of hydrogen-bond acceptors (Lipinski definition) is 5. The van der Waals surface area contributed by atoms with Gasteiger partial charge in [0.1, 0.15) is 11.6 Å². The average Bonchev–Trinajstić information content (AvgIpc) is 2.93. The van der Waals surface area contributed by atoms with Gasteiger partial charge in [0, 0.05) is 6.42 Å². The standard InChI is InChI=1S/C12H15N3O3S/c1-18-10-2-3-11-13-14-12(15(11)7-10)6-9-4-5-19(16,17)8-9/h2-3,7,9H,4-6,8H2,1H3. The Morgan fingerprint density at radius 3 is 2.95 bits per heavy atom. The van der Waals surface area contributed by atoms with Gasteiger partial charge in [-0.25, -0.2) is 8.42 Å². The molecule has 0 N–H and O–H groups in total. The van der Waals surface area contributed by atoms with E-state index < -0.39 is 9.84 Å². The van der Waals surface area contributed by atoms with Crippen molar-refractivity contribution in [2.45, 2.75) is 12.8 Å². The van der Waals surface area contributed by atoms with Crippen LogP contribution in [0.25, 0.3) is 5.65 Å². The smallest absolute Gasteiger partial charge is 0.161 e. The van der Waals surface area contributed by atoms with Gasteiger partial charge in [-0.15, -0.1) is 10.2 Å². The minimum atomic E-state index is -2.85. The number of sulfone groups is 1. The topological polar surface area (TPSA) is 73.6 Å². The normalized spacial score (nSPS) is 21.8. The molecule has 1 fully saturated rings. The molecule has 0 radical (unpaired) electrons. The molecule has 2 aromatic heterocycles. The van der Waals surface area contributed by atoms with Gasteiger partial charge in [-0.2, -0.15) is 0 Å². The molecule has 0 bridgehead atoms. The van der Waals surface area contributed by atoms with Gasteiger partial charge in [-0.05, 0) is 24.5 Å². The second-order valence-electron chi connectivity index (χ2n) is 4.89. The predicted molar refractivity (Wildman–Crippen MR) is 70.0 cm³/mol. The van der Waals surface area contributed by atoms with Crippen LogP contribution in [0, 0.1) is 5.92 Å². The lowest BCUT2D eigenvalue weighted by atomic mass is 10.1. The van der Waals surface area contributed by atoms with Crippen molar-refractivity contribution in [2.75, 3.05) is 18.6 Å². The van der Waals surface area contributed by atoms with Crippen LogP contribution in [-0.4, -0.2) is 41.6 Å². The summed E-state index contributed by atoms with van der Waals surface area (Å²) < 4.78 is 30.0. The van der Waals surface area contributed by atoms with Crippen molar-refractivity contribution in [3.63, 3.8) is 0 Å². The summed E-state index contributed by atoms with van der Waals surface area (Å²) in [4.78, 5) is 0. The van der Waals surface area contributed by atoms with Crippen molar-refractivity contribution in [3.8, 4) is 5.75 Å². The summed E-state index contributed by atoms with van der Waals surface area (Å²) in [5.74, 6) is 2.20. The molecule has 1 saturated heterocycles. The van der Waals surface area contributed by atoms with Crippen LogP contribution in [0.3, 0.4) is 0 Å². The quantitative estimate of drug-likeness (QED) is 0.828. The maximum absolute atomic E-state index is 11.5. The van der Waals surface area contributed by atoms with Crippen molar-refractivity contribution in [3.05, 3.63) is 24.2 Å². The third-order valence-electron chi connectivity index (χ3n) is 3.48. The Bertz CT molecular complexity index is 708. The van der Waals surface area contributed by atoms with Crippen LogP contribution in [0.1, 0.15) is 12.2 Å². The first kappa shape index (κ1) is 12.4. The predicted octanol–water partition coefficient (Wildman–Crippen LogP) is 0.715. The SMILES string of the molecule is COc1ccc2nnc(CC3CCS(=O)(=O)C3)n2c1. The van der Waals surface area contributed by atoms with Crippen molar-refractivity contribution < 1.29 is 13.2 Å². The lowest BCUT2D eigenvalue weighted by Crippen LogP contribution is -2.09. The molecule has 1 atom stereocenters. The molecule has 6 nitrogen and oxygen atoms in total. The highest BCUT2D eigenvalue weighted by atomic mass is 32.2. The molecular formula is C12H15N3O3S. The Kier molecular flexibility index (Phi) is 2.93. The van der Waals surface area contributed by atoms with Crippen LogP contribution in [0.15, 0.2) is 18.3 Å². The van der Waals surface area contributed by atoms with E-state index >= 15 is 0 Å². The molecule has 0 saturated carbocycles. The largest absolute Gasteiger partial charge is 0.495 e. The zero-order valence-corrected chi connectivity index (χ0v) is 11.4. The average molecular weight is 281 g/mol. The summed E-state index contributed by atoms with van der Waals surface area (Å²) >= 11 is 0. The first-order chi connectivity index (χ1) is 9.07. The van der Waals surface area contributed by atoms with Crippen molar-refractivity contribution >= 4 is 15.5 Å². The van der Waals surface area contributed by atoms with Gasteiger partial charge in [-0.3, -0.25) is 4.40 Å². The first-order valence-corrected chi connectivity index (χ1v) is 7.97. The molecule has 1 aliphatic heterocycles. The minimum Gasteiger partial charge on any atom is -0.495 e. The molecule has 1 aliphatic rings. The Labute approximate surface area is 111 Å². The third-order valence-corrected chi connectivity index (χ3v) is 5.32. The second kappa shape index (κ2) is 4.48. The van der Waals surface area contributed by atoms with E-state index in [0.29, 0.717) is 12.8 Å². The fourth-order valence-electron chi connectivity index (χ4n) is 2.47. The molecule has 7 heteroatoms. The molecule has 1 unspecified atom stereocenters. The van der Waals surface area contributed by atoms with E-state index in [9.17, 15) is 8.42 Å². The van der Waals surface area contributed by atoms with Gasteiger partial charge in [0.25, 0.3) is 0 Å². The van der Waals surface area contributed by atoms with E-state index in [1.807, 2.05) is 22.7 Å². The van der Waals surface area contributed by atoms with E-state index in [1.165, 1.54) is 0 Å². The lowest BCUT2D eigenvalue weighted by Gasteiger charge is -2.06. The Hall–Kier alpha value is -1.63. The Morgan fingerprint density at radius 1 is 1.42 bits per heavy atom. The zero-order valence-electron chi connectivity index (χ0n) is 10.6. The Morgan fingerprint density at radius 2 is 2.26 bits per heavy atom. The molecule has 0 aliphatic carbocycles. The lowest BCUT2D eigenvalue weighted by molar-refractivity contribution is 0.412. The van der Waals surface area contributed by atoms with Gasteiger partial charge in [-0.1, -0.05) is 0 Å². The molecule has 0 amide bonds. The summed E-state index contributed by atoms with van der Waals surface area (Å²) in [5.41, 5.74) is 0.747. The highest BCUT2D eigenvalue weighted by Crippen LogP contribution is 2.23. The monoisotopic (exact) mass is 281 g/mol. The van der Waals surface area contributed by atoms with Crippen molar-refractivity contribution in [1.82, 2.24) is 14.6 Å². The van der Waals surface area contributed by atoms with Crippen LogP contribution in [0.5, 0.6) is 5.75 Å². The number of fused-ring (bicyclic) bond motifs is 1. The second-order valence-corrected chi connectivity index (χ2v) is 7.12. The molecule has 0 aromatic carbocycles. The summed E-state index contributed by atoms with van der Waals surface area (Å²) in [6.07, 6.45) is 3.17. The number of methoxy groups -OCH3 is 1. The molecular weight excluding hydrogens is 266 g/mol. The third kappa shape index (κ3) is 2.42. The highest BCUT2D eigenvalue weighted by Gasteiger charge is 2.29. The summed E-state index contributed by atoms with van der Waals surface area (Å²) in [6, 6.07) is 3.66. The molecule has 3 heterocycles. The van der Waals surface area contributed by atoms with E-state index in [0.717, 1.165) is 17.2 Å². The van der Waals surface area contributed by atoms with Crippen molar-refractivity contribution in [1.29, 1.82) is 0 Å². The number of pyridine rings is 1. The van der Waals surface area contributed by atoms with Gasteiger partial charge >= 0.3 is 0 Å². The van der Waals surface area contributed by atoms with Gasteiger partial charge in [0.2, 0.25) is 0 Å². The van der Waals surface area contributed by atoms with Gasteiger partial charge in [0.05, 0.1) is 24.8 Å². The number of hydrogen-bond donors (Lipinski definition) is 0. The number of aromatic nitrogens is 3. The highest BCUT2D eigenvalue weighted by molar-refractivity contribution is 7.91. The van der Waals surface area contributed by atoms with E-state index in [-0.39, 0.29) is 17.4 Å². The maximum Gasteiger partial charge on any atom is 0.161 e. The number of rotatable bonds is 3. The van der Waals surface area contributed by atoms with Crippen LogP contribution < -0.4 is 4.74 Å². The molecule has 0 spiro atoms. The van der Waals surface area contributed by atoms with E-state index in [1.54, 1.807) is 7.11 Å². The van der Waals surface area contributed by atoms with E-state index in [2.05, 4.69) is 10.2 Å². The maximum atomic E-state index is 11.5. The van der Waals surface area contributed by atoms with Crippen molar-refractivity contribution in [2.24, 2.45) is 5.92 Å². The van der Waals surface area contributed by atoms with Crippen LogP contribution in [-0.2, 0) is 16.3 Å². The minimum absolute atomic E-state index is 0.142. The fraction of sp³-hybridized carbons (Fsp3) is 0.500. The molecule has 102 valence electrons. The zero-order chi connectivity index (χ0) is 13.5. The summed E-state index contributed by atoms with van der Waals surface area (Å²) in [6.45, 7) is 0.